The quantitative estimate of drug-likeness (QED) is 0.775. The molecule has 1 aliphatic rings. The van der Waals surface area contributed by atoms with Crippen LogP contribution in [0.5, 0.6) is 0 Å². The molecule has 0 spiro atoms. The molecular weight excluding hydrogens is 242 g/mol. The minimum absolute atomic E-state index is 0.355. The Balaban J connectivity index is 1.99. The van der Waals surface area contributed by atoms with Gasteiger partial charge in [-0.1, -0.05) is 24.4 Å². The van der Waals surface area contributed by atoms with E-state index in [1.165, 1.54) is 12.8 Å². The second-order valence-corrected chi connectivity index (χ2v) is 4.51. The zero-order chi connectivity index (χ0) is 11.7. The van der Waals surface area contributed by atoms with Gasteiger partial charge in [-0.05, 0) is 23.2 Å². The van der Waals surface area contributed by atoms with Gasteiger partial charge in [0.25, 0.3) is 0 Å². The Morgan fingerprint density at radius 3 is 2.29 bits per heavy atom. The van der Waals surface area contributed by atoms with Gasteiger partial charge in [-0.15, -0.1) is 0 Å². The predicted octanol–water partition coefficient (Wildman–Crippen LogP) is 2.05. The van der Waals surface area contributed by atoms with Crippen LogP contribution in [0.15, 0.2) is 4.63 Å². The highest BCUT2D eigenvalue weighted by atomic mass is 35.5. The van der Waals surface area contributed by atoms with Crippen LogP contribution < -0.4 is 4.90 Å². The summed E-state index contributed by atoms with van der Waals surface area (Å²) in [5.41, 5.74) is 0.766. The summed E-state index contributed by atoms with van der Waals surface area (Å²) in [5, 5.41) is 7.69. The Kier molecular flexibility index (Phi) is 2.80. The van der Waals surface area contributed by atoms with Crippen LogP contribution in [0.2, 0.25) is 5.15 Å². The van der Waals surface area contributed by atoms with E-state index in [9.17, 15) is 0 Å². The van der Waals surface area contributed by atoms with E-state index in [-0.39, 0.29) is 0 Å². The largest absolute Gasteiger partial charge is 0.354 e. The van der Waals surface area contributed by atoms with Crippen LogP contribution in [0.1, 0.15) is 25.7 Å². The molecule has 3 heterocycles. The molecule has 7 heteroatoms. The van der Waals surface area contributed by atoms with E-state index < -0.39 is 0 Å². The number of rotatable bonds is 1. The Bertz CT molecular complexity index is 520. The number of halogens is 1. The molecule has 0 aromatic carbocycles. The molecule has 0 atom stereocenters. The third kappa shape index (κ3) is 2.04. The fourth-order valence-corrected chi connectivity index (χ4v) is 2.34. The normalized spacial score (nSPS) is 17.4. The average molecular weight is 254 g/mol. The second-order valence-electron chi connectivity index (χ2n) is 4.15. The molecule has 0 radical (unpaired) electrons. The van der Waals surface area contributed by atoms with Crippen molar-refractivity contribution in [1.29, 1.82) is 0 Å². The minimum atomic E-state index is 0.355. The lowest BCUT2D eigenvalue weighted by atomic mass is 10.2. The first-order chi connectivity index (χ1) is 8.34. The Labute approximate surface area is 103 Å². The van der Waals surface area contributed by atoms with E-state index in [1.807, 2.05) is 0 Å². The van der Waals surface area contributed by atoms with Crippen molar-refractivity contribution in [3.63, 3.8) is 0 Å². The molecule has 2 aromatic heterocycles. The number of aromatic nitrogens is 4. The molecule has 3 rings (SSSR count). The van der Waals surface area contributed by atoms with E-state index >= 15 is 0 Å². The number of nitrogens with zero attached hydrogens (tertiary/aromatic N) is 5. The number of hydrogen-bond donors (Lipinski definition) is 0. The molecule has 0 saturated carbocycles. The summed E-state index contributed by atoms with van der Waals surface area (Å²) in [7, 11) is 0. The fourth-order valence-electron chi connectivity index (χ4n) is 2.09. The van der Waals surface area contributed by atoms with Crippen molar-refractivity contribution in [1.82, 2.24) is 20.3 Å². The highest BCUT2D eigenvalue weighted by Gasteiger charge is 2.18. The van der Waals surface area contributed by atoms with Gasteiger partial charge in [-0.25, -0.2) is 14.6 Å². The predicted molar refractivity (Wildman–Crippen MR) is 63.1 cm³/mol. The maximum absolute atomic E-state index is 6.12. The zero-order valence-electron chi connectivity index (χ0n) is 9.26. The van der Waals surface area contributed by atoms with E-state index in [0.717, 1.165) is 25.9 Å². The fraction of sp³-hybridized carbons (Fsp3) is 0.600. The third-order valence-electron chi connectivity index (χ3n) is 2.96. The molecular formula is C10H12ClN5O. The van der Waals surface area contributed by atoms with Crippen LogP contribution in [0, 0.1) is 0 Å². The van der Waals surface area contributed by atoms with E-state index in [1.54, 1.807) is 0 Å². The highest BCUT2D eigenvalue weighted by Crippen LogP contribution is 2.25. The number of anilines is 1. The minimum Gasteiger partial charge on any atom is -0.354 e. The summed E-state index contributed by atoms with van der Waals surface area (Å²) in [5.74, 6) is 0.691. The lowest BCUT2D eigenvalue weighted by Gasteiger charge is -2.21. The average Bonchev–Trinajstić information content (AvgIpc) is 2.62. The SMILES string of the molecule is Clc1nc2nonc2nc1N1CCCCCC1. The topological polar surface area (TPSA) is 67.9 Å². The monoisotopic (exact) mass is 253 g/mol. The molecule has 0 N–H and O–H groups in total. The van der Waals surface area contributed by atoms with Crippen LogP contribution in [0.3, 0.4) is 0 Å². The maximum atomic E-state index is 6.12. The van der Waals surface area contributed by atoms with Gasteiger partial charge in [0.05, 0.1) is 0 Å². The maximum Gasteiger partial charge on any atom is 0.245 e. The molecule has 0 aliphatic carbocycles. The van der Waals surface area contributed by atoms with Crippen LogP contribution in [0.4, 0.5) is 5.82 Å². The zero-order valence-corrected chi connectivity index (χ0v) is 10.0. The molecule has 0 amide bonds. The lowest BCUT2D eigenvalue weighted by Crippen LogP contribution is -2.25. The summed E-state index contributed by atoms with van der Waals surface area (Å²) in [4.78, 5) is 10.7. The Morgan fingerprint density at radius 2 is 1.59 bits per heavy atom. The standard InChI is InChI=1S/C10H12ClN5O/c11-7-10(16-5-3-1-2-4-6-16)13-9-8(12-7)14-17-15-9/h1-6H2. The van der Waals surface area contributed by atoms with Gasteiger partial charge in [-0.2, -0.15) is 0 Å². The molecule has 0 unspecified atom stereocenters. The smallest absolute Gasteiger partial charge is 0.245 e. The van der Waals surface area contributed by atoms with Gasteiger partial charge >= 0.3 is 0 Å². The number of fused-ring (bicyclic) bond motifs is 1. The van der Waals surface area contributed by atoms with Gasteiger partial charge in [-0.3, -0.25) is 0 Å². The van der Waals surface area contributed by atoms with Gasteiger partial charge in [0.15, 0.2) is 11.0 Å². The molecule has 2 aromatic rings. The van der Waals surface area contributed by atoms with Crippen molar-refractivity contribution in [2.24, 2.45) is 0 Å². The first kappa shape index (κ1) is 10.7. The van der Waals surface area contributed by atoms with Crippen LogP contribution >= 0.6 is 11.6 Å². The van der Waals surface area contributed by atoms with Crippen LogP contribution in [-0.4, -0.2) is 33.4 Å². The van der Waals surface area contributed by atoms with Gasteiger partial charge in [0, 0.05) is 13.1 Å². The van der Waals surface area contributed by atoms with E-state index in [0.29, 0.717) is 22.3 Å². The summed E-state index contributed by atoms with van der Waals surface area (Å²) < 4.78 is 4.58. The lowest BCUT2D eigenvalue weighted by molar-refractivity contribution is 0.314. The first-order valence-electron chi connectivity index (χ1n) is 5.75. The van der Waals surface area contributed by atoms with Crippen molar-refractivity contribution < 1.29 is 4.63 Å². The van der Waals surface area contributed by atoms with E-state index in [4.69, 9.17) is 11.6 Å². The van der Waals surface area contributed by atoms with Crippen LogP contribution in [-0.2, 0) is 0 Å². The van der Waals surface area contributed by atoms with Crippen molar-refractivity contribution in [2.75, 3.05) is 18.0 Å². The van der Waals surface area contributed by atoms with Crippen LogP contribution in [0.25, 0.3) is 11.3 Å². The first-order valence-corrected chi connectivity index (χ1v) is 6.13. The van der Waals surface area contributed by atoms with Crippen molar-refractivity contribution in [3.05, 3.63) is 5.15 Å². The Morgan fingerprint density at radius 1 is 0.941 bits per heavy atom. The van der Waals surface area contributed by atoms with E-state index in [2.05, 4.69) is 29.8 Å². The Hall–Kier alpha value is -1.43. The van der Waals surface area contributed by atoms with Gasteiger partial charge < -0.3 is 4.90 Å². The second kappa shape index (κ2) is 4.44. The van der Waals surface area contributed by atoms with Gasteiger partial charge in [0.2, 0.25) is 11.3 Å². The van der Waals surface area contributed by atoms with Crippen molar-refractivity contribution in [3.8, 4) is 0 Å². The molecule has 6 nitrogen and oxygen atoms in total. The highest BCUT2D eigenvalue weighted by molar-refractivity contribution is 6.32. The summed E-state index contributed by atoms with van der Waals surface area (Å²) in [6.45, 7) is 1.93. The summed E-state index contributed by atoms with van der Waals surface area (Å²) >= 11 is 6.12. The summed E-state index contributed by atoms with van der Waals surface area (Å²) in [6, 6.07) is 0. The van der Waals surface area contributed by atoms with Crippen molar-refractivity contribution in [2.45, 2.75) is 25.7 Å². The van der Waals surface area contributed by atoms with Gasteiger partial charge in [0.1, 0.15) is 0 Å². The molecule has 1 saturated heterocycles. The van der Waals surface area contributed by atoms with Crippen molar-refractivity contribution >= 4 is 28.7 Å². The number of hydrogen-bond acceptors (Lipinski definition) is 6. The molecule has 90 valence electrons. The molecule has 1 fully saturated rings. The molecule has 0 bridgehead atoms. The summed E-state index contributed by atoms with van der Waals surface area (Å²) in [6.07, 6.45) is 4.84. The third-order valence-corrected chi connectivity index (χ3v) is 3.21. The molecule has 1 aliphatic heterocycles. The molecule has 17 heavy (non-hydrogen) atoms.